The molecule has 2 heterocycles. The number of aromatic amines is 1. The molecule has 0 atom stereocenters. The molecule has 0 amide bonds. The average molecular weight is 443 g/mol. The van der Waals surface area contributed by atoms with Crippen molar-refractivity contribution in [3.8, 4) is 5.88 Å². The summed E-state index contributed by atoms with van der Waals surface area (Å²) in [6.45, 7) is 7.13. The third-order valence-electron chi connectivity index (χ3n) is 5.68. The van der Waals surface area contributed by atoms with Crippen LogP contribution in [0.2, 0.25) is 0 Å². The standard InChI is InChI=1S/C26H26N4O3/c1-3-30(4-2)16-17-7-10-20(11-8-17)28-24(19-6-5-13-27-15-19)23-21-14-18(26(32)33)9-12-22(21)29-25(23)31/h5-15,29,31H,3-4,16H2,1-2H3,(H,32,33). The highest BCUT2D eigenvalue weighted by atomic mass is 16.4. The second kappa shape index (κ2) is 9.67. The lowest BCUT2D eigenvalue weighted by Gasteiger charge is -2.17. The monoisotopic (exact) mass is 442 g/mol. The van der Waals surface area contributed by atoms with E-state index < -0.39 is 5.97 Å². The van der Waals surface area contributed by atoms with Crippen molar-refractivity contribution in [2.24, 2.45) is 4.99 Å². The van der Waals surface area contributed by atoms with Crippen molar-refractivity contribution in [2.75, 3.05) is 13.1 Å². The molecule has 7 nitrogen and oxygen atoms in total. The Kier molecular flexibility index (Phi) is 6.51. The van der Waals surface area contributed by atoms with Gasteiger partial charge in [0.15, 0.2) is 5.88 Å². The van der Waals surface area contributed by atoms with Crippen LogP contribution in [0.15, 0.2) is 72.0 Å². The predicted molar refractivity (Wildman–Crippen MR) is 130 cm³/mol. The number of aromatic nitrogens is 2. The molecule has 33 heavy (non-hydrogen) atoms. The number of carboxylic acids is 1. The first-order valence-electron chi connectivity index (χ1n) is 10.9. The Balaban J connectivity index is 1.82. The van der Waals surface area contributed by atoms with Crippen molar-refractivity contribution in [3.05, 3.63) is 89.2 Å². The van der Waals surface area contributed by atoms with Gasteiger partial charge in [-0.3, -0.25) is 9.88 Å². The molecule has 0 saturated carbocycles. The van der Waals surface area contributed by atoms with Crippen LogP contribution >= 0.6 is 0 Å². The molecule has 0 aliphatic heterocycles. The SMILES string of the molecule is CCN(CC)Cc1ccc(N=C(c2cccnc2)c2c(O)[nH]c3ccc(C(=O)O)cc23)cc1. The highest BCUT2D eigenvalue weighted by molar-refractivity contribution is 6.22. The van der Waals surface area contributed by atoms with E-state index in [0.29, 0.717) is 27.7 Å². The Morgan fingerprint density at radius 3 is 2.45 bits per heavy atom. The lowest BCUT2D eigenvalue weighted by atomic mass is 10.0. The van der Waals surface area contributed by atoms with Gasteiger partial charge in [-0.2, -0.15) is 0 Å². The maximum Gasteiger partial charge on any atom is 0.335 e. The molecule has 4 aromatic rings. The van der Waals surface area contributed by atoms with E-state index in [0.717, 1.165) is 25.3 Å². The number of carbonyl (C=O) groups is 1. The summed E-state index contributed by atoms with van der Waals surface area (Å²) in [7, 11) is 0. The Bertz CT molecular complexity index is 1290. The summed E-state index contributed by atoms with van der Waals surface area (Å²) in [5, 5.41) is 20.8. The number of aromatic carboxylic acids is 1. The van der Waals surface area contributed by atoms with Gasteiger partial charge in [-0.05, 0) is 61.1 Å². The van der Waals surface area contributed by atoms with Gasteiger partial charge in [-0.25, -0.2) is 9.79 Å². The van der Waals surface area contributed by atoms with E-state index in [9.17, 15) is 15.0 Å². The van der Waals surface area contributed by atoms with Gasteiger partial charge in [0, 0.05) is 35.4 Å². The smallest absolute Gasteiger partial charge is 0.335 e. The summed E-state index contributed by atoms with van der Waals surface area (Å²) in [6.07, 6.45) is 3.34. The Morgan fingerprint density at radius 1 is 1.06 bits per heavy atom. The van der Waals surface area contributed by atoms with E-state index in [4.69, 9.17) is 4.99 Å². The fourth-order valence-electron chi connectivity index (χ4n) is 3.83. The number of carboxylic acid groups (broad SMARTS) is 1. The molecule has 168 valence electrons. The predicted octanol–water partition coefficient (Wildman–Crippen LogP) is 4.98. The molecule has 0 saturated heterocycles. The third kappa shape index (κ3) is 4.78. The highest BCUT2D eigenvalue weighted by Gasteiger charge is 2.20. The Morgan fingerprint density at radius 2 is 1.82 bits per heavy atom. The van der Waals surface area contributed by atoms with Crippen molar-refractivity contribution in [1.29, 1.82) is 0 Å². The number of aromatic hydroxyl groups is 1. The van der Waals surface area contributed by atoms with Gasteiger partial charge < -0.3 is 15.2 Å². The largest absolute Gasteiger partial charge is 0.494 e. The third-order valence-corrected chi connectivity index (χ3v) is 5.68. The van der Waals surface area contributed by atoms with E-state index >= 15 is 0 Å². The molecule has 0 aliphatic rings. The first-order chi connectivity index (χ1) is 16.0. The number of pyridine rings is 1. The normalized spacial score (nSPS) is 11.9. The second-order valence-corrected chi connectivity index (χ2v) is 7.74. The highest BCUT2D eigenvalue weighted by Crippen LogP contribution is 2.32. The molecule has 0 aliphatic carbocycles. The number of benzene rings is 2. The molecule has 0 radical (unpaired) electrons. The minimum Gasteiger partial charge on any atom is -0.494 e. The van der Waals surface area contributed by atoms with Crippen LogP contribution in [0.4, 0.5) is 5.69 Å². The number of rotatable bonds is 8. The molecule has 2 aromatic heterocycles. The zero-order valence-corrected chi connectivity index (χ0v) is 18.6. The van der Waals surface area contributed by atoms with Crippen LogP contribution in [0, 0.1) is 0 Å². The number of H-pyrrole nitrogens is 1. The van der Waals surface area contributed by atoms with E-state index in [1.165, 1.54) is 11.6 Å². The number of aliphatic imine (C=N–C) groups is 1. The van der Waals surface area contributed by atoms with Crippen LogP contribution in [0.5, 0.6) is 5.88 Å². The summed E-state index contributed by atoms with van der Waals surface area (Å²) in [5.74, 6) is -1.11. The van der Waals surface area contributed by atoms with Gasteiger partial charge in [0.2, 0.25) is 0 Å². The van der Waals surface area contributed by atoms with Crippen LogP contribution in [0.3, 0.4) is 0 Å². The van der Waals surface area contributed by atoms with Crippen molar-refractivity contribution in [2.45, 2.75) is 20.4 Å². The lowest BCUT2D eigenvalue weighted by Crippen LogP contribution is -2.21. The molecule has 0 bridgehead atoms. The molecular weight excluding hydrogens is 416 g/mol. The van der Waals surface area contributed by atoms with Crippen LogP contribution in [-0.2, 0) is 6.54 Å². The minimum absolute atomic E-state index is 0.0757. The summed E-state index contributed by atoms with van der Waals surface area (Å²) in [5.41, 5.74) is 4.33. The molecular formula is C26H26N4O3. The second-order valence-electron chi connectivity index (χ2n) is 7.74. The van der Waals surface area contributed by atoms with E-state index in [1.54, 1.807) is 30.6 Å². The summed E-state index contributed by atoms with van der Waals surface area (Å²) in [6, 6.07) is 16.3. The number of nitrogens with one attached hydrogen (secondary N) is 1. The van der Waals surface area contributed by atoms with E-state index in [2.05, 4.69) is 40.8 Å². The van der Waals surface area contributed by atoms with Crippen molar-refractivity contribution in [3.63, 3.8) is 0 Å². The minimum atomic E-state index is -1.04. The van der Waals surface area contributed by atoms with Crippen molar-refractivity contribution < 1.29 is 15.0 Å². The van der Waals surface area contributed by atoms with Gasteiger partial charge in [0.25, 0.3) is 0 Å². The van der Waals surface area contributed by atoms with Crippen molar-refractivity contribution in [1.82, 2.24) is 14.9 Å². The zero-order valence-electron chi connectivity index (χ0n) is 18.6. The summed E-state index contributed by atoms with van der Waals surface area (Å²) < 4.78 is 0. The summed E-state index contributed by atoms with van der Waals surface area (Å²) >= 11 is 0. The molecule has 2 aromatic carbocycles. The molecule has 7 heteroatoms. The Hall–Kier alpha value is -3.97. The Labute approximate surface area is 192 Å². The fraction of sp³-hybridized carbons (Fsp3) is 0.192. The molecule has 0 spiro atoms. The van der Waals surface area contributed by atoms with E-state index in [1.807, 2.05) is 18.2 Å². The maximum absolute atomic E-state index is 11.5. The first kappa shape index (κ1) is 22.2. The number of fused-ring (bicyclic) bond motifs is 1. The van der Waals surface area contributed by atoms with Gasteiger partial charge >= 0.3 is 5.97 Å². The number of hydrogen-bond donors (Lipinski definition) is 3. The molecule has 4 rings (SSSR count). The topological polar surface area (TPSA) is 102 Å². The average Bonchev–Trinajstić information content (AvgIpc) is 3.17. The maximum atomic E-state index is 11.5. The van der Waals surface area contributed by atoms with Gasteiger partial charge in [-0.1, -0.05) is 26.0 Å². The van der Waals surface area contributed by atoms with E-state index in [-0.39, 0.29) is 11.4 Å². The van der Waals surface area contributed by atoms with Gasteiger partial charge in [-0.15, -0.1) is 0 Å². The van der Waals surface area contributed by atoms with Gasteiger partial charge in [0.05, 0.1) is 22.5 Å². The molecule has 0 fully saturated rings. The van der Waals surface area contributed by atoms with Crippen molar-refractivity contribution >= 4 is 28.3 Å². The number of nitrogens with zero attached hydrogens (tertiary/aromatic N) is 3. The van der Waals surface area contributed by atoms with Crippen LogP contribution in [-0.4, -0.2) is 49.9 Å². The van der Waals surface area contributed by atoms with Gasteiger partial charge in [0.1, 0.15) is 0 Å². The molecule has 3 N–H and O–H groups in total. The number of hydrogen-bond acceptors (Lipinski definition) is 5. The quantitative estimate of drug-likeness (QED) is 0.334. The van der Waals surface area contributed by atoms with Crippen LogP contribution < -0.4 is 0 Å². The lowest BCUT2D eigenvalue weighted by molar-refractivity contribution is 0.0697. The zero-order chi connectivity index (χ0) is 23.4. The molecule has 0 unspecified atom stereocenters. The first-order valence-corrected chi connectivity index (χ1v) is 10.9. The fourth-order valence-corrected chi connectivity index (χ4v) is 3.83. The van der Waals surface area contributed by atoms with Crippen LogP contribution in [0.1, 0.15) is 40.9 Å². The van der Waals surface area contributed by atoms with Crippen LogP contribution in [0.25, 0.3) is 10.9 Å². The summed E-state index contributed by atoms with van der Waals surface area (Å²) in [4.78, 5) is 25.9.